The van der Waals surface area contributed by atoms with Crippen LogP contribution in [0.25, 0.3) is 32.2 Å². The zero-order chi connectivity index (χ0) is 51.0. The minimum atomic E-state index is -0.755. The number of aromatic nitrogens is 4. The molecule has 16 nitrogen and oxygen atoms in total. The normalized spacial score (nSPS) is 17.1. The summed E-state index contributed by atoms with van der Waals surface area (Å²) in [5.74, 6) is -0.172. The van der Waals surface area contributed by atoms with E-state index in [1.807, 2.05) is 113 Å². The summed E-state index contributed by atoms with van der Waals surface area (Å²) in [5.41, 5.74) is 7.29. The standard InChI is InChI=1S/C56H59N9O7S/c1-33-37(13-9-16-45(33)71-28-10-11-34-24-26-64(30-34)32-49(67)57-36-18-19-40-44(29-36)63(5)62-50(40)41-21-23-48(66)60-53(41)69)38-20-22-47(59-51(38)54(70)72-56(2,3)4)65-27-25-35-12-8-14-39(42(35)31-65)52(68)61-55-58-43-15-6-7-17-46(43)73-55/h6-9,12-20,22,29,34,41H,10-11,21,23-28,30-32H2,1-5H3,(H,57,67)(H,58,61,68)(H,60,66,69)/t34-,41?/m0/s1. The number of amides is 4. The van der Waals surface area contributed by atoms with Crippen LogP contribution in [0.4, 0.5) is 16.6 Å². The van der Waals surface area contributed by atoms with Crippen LogP contribution in [0.3, 0.4) is 0 Å². The Hall–Kier alpha value is -7.50. The van der Waals surface area contributed by atoms with Crippen LogP contribution in [-0.2, 0) is 39.1 Å². The van der Waals surface area contributed by atoms with Crippen LogP contribution < -0.4 is 25.6 Å². The maximum absolute atomic E-state index is 14.0. The van der Waals surface area contributed by atoms with Gasteiger partial charge in [-0.3, -0.25) is 39.4 Å². The number of aryl methyl sites for hydroxylation is 1. The Kier molecular flexibility index (Phi) is 13.8. The van der Waals surface area contributed by atoms with E-state index in [-0.39, 0.29) is 42.3 Å². The highest BCUT2D eigenvalue weighted by molar-refractivity contribution is 7.22. The first-order chi connectivity index (χ1) is 35.1. The predicted molar refractivity (Wildman–Crippen MR) is 282 cm³/mol. The molecule has 0 spiro atoms. The molecule has 3 aliphatic rings. The van der Waals surface area contributed by atoms with Crippen LogP contribution in [-0.4, -0.2) is 92.6 Å². The molecular formula is C56H59N9O7S. The van der Waals surface area contributed by atoms with Crippen LogP contribution >= 0.6 is 11.3 Å². The van der Waals surface area contributed by atoms with E-state index >= 15 is 0 Å². The number of ether oxygens (including phenoxy) is 2. The Balaban J connectivity index is 0.757. The molecule has 2 saturated heterocycles. The molecule has 3 aromatic heterocycles. The van der Waals surface area contributed by atoms with E-state index in [1.54, 1.807) is 11.7 Å². The second kappa shape index (κ2) is 20.5. The number of piperidine rings is 1. The topological polar surface area (TPSA) is 190 Å². The zero-order valence-electron chi connectivity index (χ0n) is 41.7. The van der Waals surface area contributed by atoms with Crippen molar-refractivity contribution in [3.63, 3.8) is 0 Å². The fraction of sp³-hybridized carbons (Fsp3) is 0.357. The van der Waals surface area contributed by atoms with Gasteiger partial charge < -0.3 is 19.7 Å². The van der Waals surface area contributed by atoms with Gasteiger partial charge in [0.1, 0.15) is 17.2 Å². The van der Waals surface area contributed by atoms with E-state index in [4.69, 9.17) is 14.5 Å². The number of pyridine rings is 1. The lowest BCUT2D eigenvalue weighted by atomic mass is 9.93. The van der Waals surface area contributed by atoms with Gasteiger partial charge in [-0.25, -0.2) is 14.8 Å². The summed E-state index contributed by atoms with van der Waals surface area (Å²) in [4.78, 5) is 79.2. The molecule has 10 rings (SSSR count). The van der Waals surface area contributed by atoms with Crippen LogP contribution in [0.1, 0.15) is 102 Å². The second-order valence-corrected chi connectivity index (χ2v) is 21.3. The molecule has 6 heterocycles. The molecule has 0 saturated carbocycles. The van der Waals surface area contributed by atoms with E-state index in [9.17, 15) is 24.0 Å². The Morgan fingerprint density at radius 3 is 2.55 bits per heavy atom. The summed E-state index contributed by atoms with van der Waals surface area (Å²) in [5, 5.41) is 14.5. The number of carbonyl (C=O) groups is 5. The molecular weight excluding hydrogens is 943 g/mol. The van der Waals surface area contributed by atoms with Crippen LogP contribution in [0.5, 0.6) is 5.75 Å². The van der Waals surface area contributed by atoms with E-state index in [0.717, 1.165) is 81.5 Å². The number of nitrogens with one attached hydrogen (secondary N) is 3. The summed E-state index contributed by atoms with van der Waals surface area (Å²) in [6, 6.07) is 28.9. The van der Waals surface area contributed by atoms with Crippen LogP contribution in [0, 0.1) is 12.8 Å². The van der Waals surface area contributed by atoms with Gasteiger partial charge in [-0.2, -0.15) is 5.10 Å². The molecule has 4 amide bonds. The van der Waals surface area contributed by atoms with E-state index in [1.165, 1.54) is 11.3 Å². The molecule has 3 N–H and O–H groups in total. The van der Waals surface area contributed by atoms with Crippen molar-refractivity contribution in [3.8, 4) is 16.9 Å². The number of thiazole rings is 1. The molecule has 2 atom stereocenters. The highest BCUT2D eigenvalue weighted by atomic mass is 32.1. The first-order valence-electron chi connectivity index (χ1n) is 25.0. The van der Waals surface area contributed by atoms with Crippen molar-refractivity contribution in [3.05, 3.63) is 125 Å². The van der Waals surface area contributed by atoms with Gasteiger partial charge in [-0.1, -0.05) is 47.7 Å². The zero-order valence-corrected chi connectivity index (χ0v) is 42.6. The molecule has 4 aromatic carbocycles. The van der Waals surface area contributed by atoms with Crippen molar-refractivity contribution in [1.82, 2.24) is 30.0 Å². The van der Waals surface area contributed by atoms with Crippen molar-refractivity contribution >= 4 is 78.7 Å². The number of fused-ring (bicyclic) bond motifs is 3. The lowest BCUT2D eigenvalue weighted by Crippen LogP contribution is -2.39. The number of hydrogen-bond acceptors (Lipinski definition) is 13. The maximum atomic E-state index is 14.0. The van der Waals surface area contributed by atoms with Gasteiger partial charge in [0.05, 0.1) is 40.5 Å². The lowest BCUT2D eigenvalue weighted by molar-refractivity contribution is -0.134. The molecule has 2 fully saturated rings. The van der Waals surface area contributed by atoms with E-state index in [2.05, 4.69) is 41.9 Å². The van der Waals surface area contributed by atoms with E-state index < -0.39 is 17.5 Å². The van der Waals surface area contributed by atoms with Crippen molar-refractivity contribution in [2.75, 3.05) is 48.3 Å². The predicted octanol–water partition coefficient (Wildman–Crippen LogP) is 8.96. The van der Waals surface area contributed by atoms with Gasteiger partial charge in [-0.15, -0.1) is 0 Å². The lowest BCUT2D eigenvalue weighted by Gasteiger charge is -2.31. The summed E-state index contributed by atoms with van der Waals surface area (Å²) in [6.45, 7) is 11.0. The number of benzene rings is 4. The molecule has 0 bridgehead atoms. The number of anilines is 3. The molecule has 73 heavy (non-hydrogen) atoms. The minimum Gasteiger partial charge on any atom is -0.493 e. The van der Waals surface area contributed by atoms with Crippen molar-refractivity contribution in [2.24, 2.45) is 13.0 Å². The monoisotopic (exact) mass is 1000 g/mol. The molecule has 1 unspecified atom stereocenters. The summed E-state index contributed by atoms with van der Waals surface area (Å²) in [6.07, 6.45) is 4.17. The van der Waals surface area contributed by atoms with E-state index in [0.29, 0.717) is 71.9 Å². The smallest absolute Gasteiger partial charge is 0.358 e. The van der Waals surface area contributed by atoms with Gasteiger partial charge in [0.25, 0.3) is 5.91 Å². The quantitative estimate of drug-likeness (QED) is 0.0534. The van der Waals surface area contributed by atoms with Gasteiger partial charge in [0.15, 0.2) is 10.8 Å². The average Bonchev–Trinajstić information content (AvgIpc) is 4.08. The highest BCUT2D eigenvalue weighted by Gasteiger charge is 2.33. The Morgan fingerprint density at radius 1 is 0.890 bits per heavy atom. The van der Waals surface area contributed by atoms with Crippen molar-refractivity contribution < 1.29 is 33.4 Å². The fourth-order valence-corrected chi connectivity index (χ4v) is 11.2. The largest absolute Gasteiger partial charge is 0.493 e. The number of nitrogens with zero attached hydrogens (tertiary/aromatic N) is 6. The summed E-state index contributed by atoms with van der Waals surface area (Å²) < 4.78 is 15.1. The number of esters is 1. The van der Waals surface area contributed by atoms with Crippen molar-refractivity contribution in [1.29, 1.82) is 0 Å². The van der Waals surface area contributed by atoms with Crippen molar-refractivity contribution in [2.45, 2.75) is 84.3 Å². The Morgan fingerprint density at radius 2 is 1.73 bits per heavy atom. The van der Waals surface area contributed by atoms with Crippen LogP contribution in [0.2, 0.25) is 0 Å². The van der Waals surface area contributed by atoms with Gasteiger partial charge in [0.2, 0.25) is 17.7 Å². The SMILES string of the molecule is Cc1c(OCCC[C@H]2CCN(CC(=O)Nc3ccc4c(C5CCC(=O)NC5=O)nn(C)c4c3)C2)cccc1-c1ccc(N2CCc3cccc(C(=O)Nc4nc5ccccc5s4)c3C2)nc1C(=O)OC(C)(C)C. The molecule has 3 aliphatic heterocycles. The second-order valence-electron chi connectivity index (χ2n) is 20.2. The maximum Gasteiger partial charge on any atom is 0.358 e. The number of para-hydroxylation sites is 1. The minimum absolute atomic E-state index is 0.0968. The number of likely N-dealkylation sites (tertiary alicyclic amines) is 1. The third-order valence-electron chi connectivity index (χ3n) is 13.9. The van der Waals surface area contributed by atoms with Gasteiger partial charge in [0, 0.05) is 55.3 Å². The molecule has 0 radical (unpaired) electrons. The Bertz CT molecular complexity index is 3270. The third-order valence-corrected chi connectivity index (χ3v) is 14.8. The molecule has 7 aromatic rings. The number of imide groups is 1. The van der Waals surface area contributed by atoms with Gasteiger partial charge in [-0.05, 0) is 149 Å². The first-order valence-corrected chi connectivity index (χ1v) is 25.8. The first kappa shape index (κ1) is 49.1. The van der Waals surface area contributed by atoms with Crippen LogP contribution in [0.15, 0.2) is 91.0 Å². The number of hydrogen-bond donors (Lipinski definition) is 3. The number of rotatable bonds is 14. The molecule has 0 aliphatic carbocycles. The third kappa shape index (κ3) is 10.8. The molecule has 376 valence electrons. The number of carbonyl (C=O) groups excluding carboxylic acids is 5. The summed E-state index contributed by atoms with van der Waals surface area (Å²) >= 11 is 1.44. The summed E-state index contributed by atoms with van der Waals surface area (Å²) in [7, 11) is 1.81. The molecule has 17 heteroatoms. The van der Waals surface area contributed by atoms with Gasteiger partial charge >= 0.3 is 5.97 Å². The Labute approximate surface area is 427 Å². The average molecular weight is 1000 g/mol. The highest BCUT2D eigenvalue weighted by Crippen LogP contribution is 2.37. The fourth-order valence-electron chi connectivity index (χ4n) is 10.3.